The van der Waals surface area contributed by atoms with Crippen molar-refractivity contribution in [2.45, 2.75) is 121 Å². The fourth-order valence-electron chi connectivity index (χ4n) is 6.98. The lowest BCUT2D eigenvalue weighted by molar-refractivity contribution is -0.141. The van der Waals surface area contributed by atoms with Crippen LogP contribution in [0.2, 0.25) is 0 Å². The van der Waals surface area contributed by atoms with Crippen molar-refractivity contribution in [1.82, 2.24) is 30.6 Å². The minimum absolute atomic E-state index is 0.00509. The molecule has 6 atom stereocenters. The predicted molar refractivity (Wildman–Crippen MR) is 200 cm³/mol. The Morgan fingerprint density at radius 3 is 2.52 bits per heavy atom. The van der Waals surface area contributed by atoms with Gasteiger partial charge in [0.05, 0.1) is 24.0 Å². The molecule has 4 N–H and O–H groups in total. The molecule has 0 radical (unpaired) electrons. The monoisotopic (exact) mass is 773 g/mol. The normalized spacial score (nSPS) is 27.9. The lowest BCUT2D eigenvalue weighted by Gasteiger charge is -2.30. The highest BCUT2D eigenvalue weighted by Gasteiger charge is 2.61. The number of nitrogens with one attached hydrogen (secondary N) is 4. The number of carbonyl (C=O) groups excluding carboxylic acids is 5. The SMILES string of the molecule is CCC(C)S(=O)(=O)NC(=O)[C@@]12C[C@H]1/C=C\CCCCC[C@H](NC(=O)OC(C)(C)C)C(=O)N1C[C@H](NC(=O)c3ccc(N4CCOCC4)nc3)C[C@H]1C(=O)N2. The number of hydrogen-bond acceptors (Lipinski definition) is 11. The van der Waals surface area contributed by atoms with E-state index in [1.54, 1.807) is 39.8 Å². The highest BCUT2D eigenvalue weighted by Crippen LogP contribution is 2.45. The summed E-state index contributed by atoms with van der Waals surface area (Å²) in [6.45, 7) is 10.8. The van der Waals surface area contributed by atoms with Gasteiger partial charge in [-0.3, -0.25) is 23.9 Å². The summed E-state index contributed by atoms with van der Waals surface area (Å²) in [5.74, 6) is -2.24. The van der Waals surface area contributed by atoms with Crippen molar-refractivity contribution < 1.29 is 41.9 Å². The van der Waals surface area contributed by atoms with Crippen LogP contribution < -0.4 is 25.6 Å². The van der Waals surface area contributed by atoms with Crippen LogP contribution in [0.3, 0.4) is 0 Å². The van der Waals surface area contributed by atoms with E-state index in [1.165, 1.54) is 18.0 Å². The average Bonchev–Trinajstić information content (AvgIpc) is 3.66. The summed E-state index contributed by atoms with van der Waals surface area (Å²) in [7, 11) is -4.02. The first-order valence-electron chi connectivity index (χ1n) is 19.0. The van der Waals surface area contributed by atoms with Crippen molar-refractivity contribution in [3.63, 3.8) is 0 Å². The molecule has 1 aromatic rings. The first-order valence-corrected chi connectivity index (χ1v) is 20.5. The molecule has 5 rings (SSSR count). The third kappa shape index (κ3) is 10.1. The molecule has 298 valence electrons. The van der Waals surface area contributed by atoms with E-state index in [4.69, 9.17) is 9.47 Å². The Labute approximate surface area is 317 Å². The smallest absolute Gasteiger partial charge is 0.408 e. The summed E-state index contributed by atoms with van der Waals surface area (Å²) in [6.07, 6.45) is 7.99. The molecular weight excluding hydrogens is 719 g/mol. The Morgan fingerprint density at radius 1 is 1.11 bits per heavy atom. The van der Waals surface area contributed by atoms with Gasteiger partial charge in [0, 0.05) is 37.8 Å². The number of morpholine rings is 1. The first-order chi connectivity index (χ1) is 25.5. The molecule has 2 saturated heterocycles. The average molecular weight is 774 g/mol. The number of anilines is 1. The maximum absolute atomic E-state index is 14.4. The zero-order chi connectivity index (χ0) is 39.3. The van der Waals surface area contributed by atoms with E-state index in [0.717, 1.165) is 18.7 Å². The Kier molecular flexibility index (Phi) is 12.9. The molecule has 16 nitrogen and oxygen atoms in total. The third-order valence-electron chi connectivity index (χ3n) is 10.4. The molecule has 0 spiro atoms. The van der Waals surface area contributed by atoms with Gasteiger partial charge in [-0.05, 0) is 78.4 Å². The van der Waals surface area contributed by atoms with Crippen molar-refractivity contribution in [3.05, 3.63) is 36.0 Å². The largest absolute Gasteiger partial charge is 0.444 e. The van der Waals surface area contributed by atoms with Crippen LogP contribution in [0.15, 0.2) is 30.5 Å². The minimum atomic E-state index is -4.02. The van der Waals surface area contributed by atoms with Gasteiger partial charge in [-0.25, -0.2) is 18.2 Å². The van der Waals surface area contributed by atoms with E-state index in [1.807, 2.05) is 12.2 Å². The van der Waals surface area contributed by atoms with Gasteiger partial charge in [-0.1, -0.05) is 31.9 Å². The van der Waals surface area contributed by atoms with Crippen LogP contribution >= 0.6 is 0 Å². The van der Waals surface area contributed by atoms with Crippen molar-refractivity contribution in [1.29, 1.82) is 0 Å². The van der Waals surface area contributed by atoms with E-state index in [9.17, 15) is 32.4 Å². The number of allylic oxidation sites excluding steroid dienone is 1. The summed E-state index contributed by atoms with van der Waals surface area (Å²) in [5.41, 5.74) is -2.08. The van der Waals surface area contributed by atoms with Gasteiger partial charge in [-0.2, -0.15) is 0 Å². The second kappa shape index (κ2) is 17.0. The van der Waals surface area contributed by atoms with Crippen molar-refractivity contribution in [2.24, 2.45) is 5.92 Å². The van der Waals surface area contributed by atoms with Crippen LogP contribution in [0.4, 0.5) is 10.6 Å². The molecule has 1 unspecified atom stereocenters. The molecule has 17 heteroatoms. The number of carbonyl (C=O) groups is 5. The Bertz CT molecular complexity index is 1690. The summed E-state index contributed by atoms with van der Waals surface area (Å²) in [4.78, 5) is 76.6. The highest BCUT2D eigenvalue weighted by atomic mass is 32.2. The van der Waals surface area contributed by atoms with Crippen molar-refractivity contribution in [3.8, 4) is 0 Å². The second-order valence-electron chi connectivity index (χ2n) is 15.6. The van der Waals surface area contributed by atoms with Crippen molar-refractivity contribution >= 4 is 45.6 Å². The topological polar surface area (TPSA) is 205 Å². The molecule has 5 amide bonds. The summed E-state index contributed by atoms with van der Waals surface area (Å²) < 4.78 is 38.9. The molecule has 4 heterocycles. The number of ether oxygens (including phenoxy) is 2. The quantitative estimate of drug-likeness (QED) is 0.282. The predicted octanol–water partition coefficient (Wildman–Crippen LogP) is 2.15. The number of nitrogens with zero attached hydrogens (tertiary/aromatic N) is 3. The van der Waals surface area contributed by atoms with E-state index in [2.05, 4.69) is 30.6 Å². The van der Waals surface area contributed by atoms with Gasteiger partial charge in [0.15, 0.2) is 0 Å². The number of alkyl carbamates (subject to hydrolysis) is 1. The lowest BCUT2D eigenvalue weighted by Crippen LogP contribution is -2.58. The van der Waals surface area contributed by atoms with Gasteiger partial charge < -0.3 is 35.2 Å². The van der Waals surface area contributed by atoms with Gasteiger partial charge in [0.25, 0.3) is 11.8 Å². The standard InChI is InChI=1S/C37H55N7O9S/c1-6-24(2)54(50,51)42-34(48)37-21-26(37)12-10-8-7-9-11-13-28(40-35(49)53-36(3,4)5)33(47)44-23-27(20-29(44)32(46)41-37)39-31(45)25-14-15-30(38-22-25)43-16-18-52-19-17-43/h10,12,14-15,22,24,26-29H,6-9,11,13,16-21,23H2,1-5H3,(H,39,45)(H,40,49)(H,41,46)(H,42,48)/b12-10-/t24?,26-,27-,28+,29+,37-/m1/s1. The zero-order valence-electron chi connectivity index (χ0n) is 31.9. The van der Waals surface area contributed by atoms with Crippen LogP contribution in [0.5, 0.6) is 0 Å². The number of sulfonamides is 1. The number of pyridine rings is 1. The number of rotatable bonds is 8. The Morgan fingerprint density at radius 2 is 1.85 bits per heavy atom. The number of fused-ring (bicyclic) bond motifs is 2. The second-order valence-corrected chi connectivity index (χ2v) is 17.7. The lowest BCUT2D eigenvalue weighted by atomic mass is 10.0. The molecule has 1 aliphatic carbocycles. The summed E-state index contributed by atoms with van der Waals surface area (Å²) >= 11 is 0. The van der Waals surface area contributed by atoms with Gasteiger partial charge in [0.2, 0.25) is 21.8 Å². The van der Waals surface area contributed by atoms with Gasteiger partial charge in [0.1, 0.15) is 29.0 Å². The van der Waals surface area contributed by atoms with E-state index >= 15 is 0 Å². The van der Waals surface area contributed by atoms with Crippen LogP contribution in [-0.2, 0) is 33.9 Å². The summed E-state index contributed by atoms with van der Waals surface area (Å²) in [5, 5.41) is 7.64. The molecular formula is C37H55N7O9S. The maximum Gasteiger partial charge on any atom is 0.408 e. The van der Waals surface area contributed by atoms with E-state index in [0.29, 0.717) is 44.7 Å². The first kappa shape index (κ1) is 40.9. The van der Waals surface area contributed by atoms with Crippen LogP contribution in [0.25, 0.3) is 0 Å². The third-order valence-corrected chi connectivity index (χ3v) is 12.3. The fourth-order valence-corrected chi connectivity index (χ4v) is 8.06. The van der Waals surface area contributed by atoms with E-state index in [-0.39, 0.29) is 32.2 Å². The molecule has 54 heavy (non-hydrogen) atoms. The summed E-state index contributed by atoms with van der Waals surface area (Å²) in [6, 6.07) is 0.557. The molecule has 0 aromatic carbocycles. The Balaban J connectivity index is 1.40. The highest BCUT2D eigenvalue weighted by molar-refractivity contribution is 7.90. The number of hydrogen-bond donors (Lipinski definition) is 4. The van der Waals surface area contributed by atoms with Crippen LogP contribution in [-0.4, -0.2) is 115 Å². The van der Waals surface area contributed by atoms with Crippen LogP contribution in [0, 0.1) is 5.92 Å². The molecule has 4 aliphatic rings. The van der Waals surface area contributed by atoms with Gasteiger partial charge in [-0.15, -0.1) is 0 Å². The molecule has 1 saturated carbocycles. The molecule has 0 bridgehead atoms. The number of amides is 5. The van der Waals surface area contributed by atoms with Crippen molar-refractivity contribution in [2.75, 3.05) is 37.7 Å². The number of aromatic nitrogens is 1. The fraction of sp³-hybridized carbons (Fsp3) is 0.676. The molecule has 3 aliphatic heterocycles. The Hall–Kier alpha value is -4.25. The van der Waals surface area contributed by atoms with Crippen LogP contribution in [0.1, 0.15) is 96.3 Å². The maximum atomic E-state index is 14.4. The van der Waals surface area contributed by atoms with E-state index < -0.39 is 80.2 Å². The van der Waals surface area contributed by atoms with Gasteiger partial charge >= 0.3 is 6.09 Å². The zero-order valence-corrected chi connectivity index (χ0v) is 32.7. The minimum Gasteiger partial charge on any atom is -0.444 e. The molecule has 1 aromatic heterocycles. The molecule has 3 fully saturated rings.